The summed E-state index contributed by atoms with van der Waals surface area (Å²) in [5.74, 6) is 1.00. The first kappa shape index (κ1) is 20.1. The summed E-state index contributed by atoms with van der Waals surface area (Å²) in [6.07, 6.45) is 1.62. The maximum atomic E-state index is 12.8. The van der Waals surface area contributed by atoms with Crippen molar-refractivity contribution in [3.63, 3.8) is 0 Å². The van der Waals surface area contributed by atoms with Gasteiger partial charge in [-0.25, -0.2) is 4.98 Å². The molecule has 1 aromatic heterocycles. The molecule has 0 bridgehead atoms. The first-order chi connectivity index (χ1) is 13.7. The summed E-state index contributed by atoms with van der Waals surface area (Å²) < 4.78 is 16.3. The highest BCUT2D eigenvalue weighted by atomic mass is 16.5. The van der Waals surface area contributed by atoms with Crippen LogP contribution in [-0.4, -0.2) is 57.5 Å². The highest BCUT2D eigenvalue weighted by Gasteiger charge is 2.27. The van der Waals surface area contributed by atoms with Gasteiger partial charge >= 0.3 is 0 Å². The third kappa shape index (κ3) is 4.99. The minimum atomic E-state index is -0.178. The summed E-state index contributed by atoms with van der Waals surface area (Å²) in [6.45, 7) is 6.12. The van der Waals surface area contributed by atoms with Crippen LogP contribution in [0.2, 0.25) is 0 Å². The van der Waals surface area contributed by atoms with Crippen LogP contribution in [0, 0.1) is 0 Å². The van der Waals surface area contributed by atoms with Crippen molar-refractivity contribution < 1.29 is 23.9 Å². The lowest BCUT2D eigenvalue weighted by molar-refractivity contribution is -0.937. The number of pyridine rings is 1. The van der Waals surface area contributed by atoms with E-state index in [-0.39, 0.29) is 11.9 Å². The zero-order valence-electron chi connectivity index (χ0n) is 16.4. The van der Waals surface area contributed by atoms with Crippen molar-refractivity contribution >= 4 is 5.91 Å². The fraction of sp³-hybridized carbons (Fsp3) is 0.429. The number of rotatable bonds is 8. The molecule has 1 aliphatic heterocycles. The lowest BCUT2D eigenvalue weighted by Crippen LogP contribution is -3.15. The van der Waals surface area contributed by atoms with Crippen molar-refractivity contribution in [3.8, 4) is 11.6 Å². The number of hydrogen-bond donors (Lipinski definition) is 2. The van der Waals surface area contributed by atoms with Gasteiger partial charge in [0.15, 0.2) is 0 Å². The second-order valence-electron chi connectivity index (χ2n) is 6.60. The van der Waals surface area contributed by atoms with Crippen LogP contribution in [0.4, 0.5) is 0 Å². The van der Waals surface area contributed by atoms with Crippen molar-refractivity contribution in [1.29, 1.82) is 0 Å². The summed E-state index contributed by atoms with van der Waals surface area (Å²) in [6, 6.07) is 11.6. The van der Waals surface area contributed by atoms with Gasteiger partial charge in [0.25, 0.3) is 5.91 Å². The molecule has 7 heteroatoms. The van der Waals surface area contributed by atoms with E-state index in [9.17, 15) is 4.79 Å². The van der Waals surface area contributed by atoms with Crippen molar-refractivity contribution in [2.75, 3.05) is 46.6 Å². The summed E-state index contributed by atoms with van der Waals surface area (Å²) >= 11 is 0. The molecule has 1 fully saturated rings. The maximum absolute atomic E-state index is 12.8. The fourth-order valence-electron chi connectivity index (χ4n) is 3.42. The molecule has 0 radical (unpaired) electrons. The van der Waals surface area contributed by atoms with E-state index in [1.807, 2.05) is 19.1 Å². The van der Waals surface area contributed by atoms with E-state index in [0.717, 1.165) is 37.6 Å². The van der Waals surface area contributed by atoms with Crippen molar-refractivity contribution in [2.45, 2.75) is 13.0 Å². The SMILES string of the molecule is CCOc1ncccc1C(=O)NC[C@H](c1ccc(OC)cc1)[NH+]1CCOCC1. The maximum Gasteiger partial charge on any atom is 0.257 e. The Morgan fingerprint density at radius 1 is 1.25 bits per heavy atom. The molecule has 0 spiro atoms. The van der Waals surface area contributed by atoms with E-state index < -0.39 is 0 Å². The molecular weight excluding hydrogens is 358 g/mol. The number of amides is 1. The lowest BCUT2D eigenvalue weighted by atomic mass is 10.0. The highest BCUT2D eigenvalue weighted by Crippen LogP contribution is 2.17. The Kier molecular flexibility index (Phi) is 7.22. The van der Waals surface area contributed by atoms with Gasteiger partial charge < -0.3 is 24.4 Å². The molecule has 2 aromatic rings. The molecule has 1 amide bonds. The van der Waals surface area contributed by atoms with Crippen LogP contribution in [0.25, 0.3) is 0 Å². The quantitative estimate of drug-likeness (QED) is 0.705. The van der Waals surface area contributed by atoms with Crippen LogP contribution in [0.15, 0.2) is 42.6 Å². The van der Waals surface area contributed by atoms with Crippen LogP contribution in [0.1, 0.15) is 28.9 Å². The molecule has 0 aliphatic carbocycles. The van der Waals surface area contributed by atoms with E-state index >= 15 is 0 Å². The number of carbonyl (C=O) groups excluding carboxylic acids is 1. The minimum absolute atomic E-state index is 0.131. The molecule has 1 atom stereocenters. The van der Waals surface area contributed by atoms with Crippen LogP contribution < -0.4 is 19.7 Å². The molecule has 3 rings (SSSR count). The molecule has 0 unspecified atom stereocenters. The van der Waals surface area contributed by atoms with E-state index in [1.165, 1.54) is 4.90 Å². The average Bonchev–Trinajstić information content (AvgIpc) is 2.75. The second kappa shape index (κ2) is 10.1. The van der Waals surface area contributed by atoms with Crippen molar-refractivity contribution in [1.82, 2.24) is 10.3 Å². The monoisotopic (exact) mass is 386 g/mol. The second-order valence-corrected chi connectivity index (χ2v) is 6.60. The predicted octanol–water partition coefficient (Wildman–Crippen LogP) is 0.875. The molecular formula is C21H28N3O4+. The molecule has 1 aromatic carbocycles. The molecule has 1 saturated heterocycles. The Labute approximate surface area is 165 Å². The third-order valence-corrected chi connectivity index (χ3v) is 4.91. The lowest BCUT2D eigenvalue weighted by Gasteiger charge is -2.32. The number of nitrogens with zero attached hydrogens (tertiary/aromatic N) is 1. The van der Waals surface area contributed by atoms with E-state index in [1.54, 1.807) is 25.4 Å². The van der Waals surface area contributed by atoms with Crippen LogP contribution in [0.3, 0.4) is 0 Å². The Bertz CT molecular complexity index is 761. The van der Waals surface area contributed by atoms with Gasteiger partial charge in [-0.3, -0.25) is 4.79 Å². The zero-order valence-corrected chi connectivity index (χ0v) is 16.4. The minimum Gasteiger partial charge on any atom is -0.497 e. The van der Waals surface area contributed by atoms with Crippen molar-refractivity contribution in [3.05, 3.63) is 53.7 Å². The molecule has 2 N–H and O–H groups in total. The van der Waals surface area contributed by atoms with Gasteiger partial charge in [0, 0.05) is 11.8 Å². The van der Waals surface area contributed by atoms with Gasteiger partial charge in [0.05, 0.1) is 33.5 Å². The van der Waals surface area contributed by atoms with Gasteiger partial charge in [-0.05, 0) is 43.3 Å². The van der Waals surface area contributed by atoms with Gasteiger partial charge in [-0.15, -0.1) is 0 Å². The van der Waals surface area contributed by atoms with E-state index in [0.29, 0.717) is 24.6 Å². The van der Waals surface area contributed by atoms with Gasteiger partial charge in [-0.1, -0.05) is 0 Å². The van der Waals surface area contributed by atoms with E-state index in [2.05, 4.69) is 22.4 Å². The largest absolute Gasteiger partial charge is 0.497 e. The number of carbonyl (C=O) groups is 1. The summed E-state index contributed by atoms with van der Waals surface area (Å²) in [7, 11) is 1.66. The van der Waals surface area contributed by atoms with Gasteiger partial charge in [0.2, 0.25) is 5.88 Å². The first-order valence-electron chi connectivity index (χ1n) is 9.65. The number of aromatic nitrogens is 1. The Morgan fingerprint density at radius 2 is 2.00 bits per heavy atom. The Morgan fingerprint density at radius 3 is 2.68 bits per heavy atom. The number of methoxy groups -OCH3 is 1. The van der Waals surface area contributed by atoms with Gasteiger partial charge in [0.1, 0.15) is 30.4 Å². The summed E-state index contributed by atoms with van der Waals surface area (Å²) in [5.41, 5.74) is 1.61. The number of benzene rings is 1. The summed E-state index contributed by atoms with van der Waals surface area (Å²) in [4.78, 5) is 18.3. The number of morpholine rings is 1. The fourth-order valence-corrected chi connectivity index (χ4v) is 3.42. The van der Waals surface area contributed by atoms with Crippen LogP contribution >= 0.6 is 0 Å². The third-order valence-electron chi connectivity index (χ3n) is 4.91. The zero-order chi connectivity index (χ0) is 19.8. The van der Waals surface area contributed by atoms with Crippen LogP contribution in [0.5, 0.6) is 11.6 Å². The number of ether oxygens (including phenoxy) is 3. The van der Waals surface area contributed by atoms with Crippen LogP contribution in [-0.2, 0) is 4.74 Å². The predicted molar refractivity (Wildman–Crippen MR) is 105 cm³/mol. The number of hydrogen-bond acceptors (Lipinski definition) is 5. The number of quaternary nitrogens is 1. The normalized spacial score (nSPS) is 15.6. The Balaban J connectivity index is 1.74. The first-order valence-corrected chi connectivity index (χ1v) is 9.65. The molecule has 2 heterocycles. The van der Waals surface area contributed by atoms with Crippen molar-refractivity contribution in [2.24, 2.45) is 0 Å². The molecule has 0 saturated carbocycles. The van der Waals surface area contributed by atoms with E-state index in [4.69, 9.17) is 14.2 Å². The summed E-state index contributed by atoms with van der Waals surface area (Å²) in [5, 5.41) is 3.07. The smallest absolute Gasteiger partial charge is 0.257 e. The highest BCUT2D eigenvalue weighted by molar-refractivity contribution is 5.96. The standard InChI is InChI=1S/C21H27N3O4/c1-3-28-21-18(5-4-10-22-21)20(25)23-15-19(24-11-13-27-14-12-24)16-6-8-17(26-2)9-7-16/h4-10,19H,3,11-15H2,1-2H3,(H,23,25)/p+1/t19-/m1/s1. The molecule has 1 aliphatic rings. The molecule has 28 heavy (non-hydrogen) atoms. The molecule has 7 nitrogen and oxygen atoms in total. The molecule has 150 valence electrons. The average molecular weight is 386 g/mol. The number of nitrogens with one attached hydrogen (secondary N) is 2. The Hall–Kier alpha value is -2.64. The topological polar surface area (TPSA) is 74.1 Å². The van der Waals surface area contributed by atoms with Gasteiger partial charge in [-0.2, -0.15) is 0 Å².